The lowest BCUT2D eigenvalue weighted by atomic mass is 10.1. The first-order valence-electron chi connectivity index (χ1n) is 12.3. The van der Waals surface area contributed by atoms with E-state index in [0.717, 1.165) is 63.3 Å². The number of hydrogen-bond acceptors (Lipinski definition) is 5. The Morgan fingerprint density at radius 1 is 1.03 bits per heavy atom. The molecule has 9 heteroatoms. The number of nitrogens with zero attached hydrogens (tertiary/aromatic N) is 1. The fraction of sp³-hybridized carbons (Fsp3) is 0.444. The van der Waals surface area contributed by atoms with Gasteiger partial charge in [0.05, 0.1) is 12.2 Å². The number of aryl methyl sites for hydroxylation is 1. The molecule has 0 radical (unpaired) electrons. The van der Waals surface area contributed by atoms with Gasteiger partial charge in [0.15, 0.2) is 0 Å². The minimum absolute atomic E-state index is 0.212. The molecule has 0 bridgehead atoms. The van der Waals surface area contributed by atoms with Gasteiger partial charge in [-0.2, -0.15) is 13.2 Å². The second-order valence-electron chi connectivity index (χ2n) is 9.08. The van der Waals surface area contributed by atoms with Crippen LogP contribution in [0.2, 0.25) is 0 Å². The number of hydrogen-bond donors (Lipinski definition) is 2. The number of anilines is 1. The summed E-state index contributed by atoms with van der Waals surface area (Å²) in [5.74, 6) is 0.784. The van der Waals surface area contributed by atoms with Crippen LogP contribution in [0.4, 0.5) is 18.9 Å². The molecule has 2 aromatic carbocycles. The van der Waals surface area contributed by atoms with Crippen LogP contribution < -0.4 is 15.8 Å². The number of halogens is 3. The maximum atomic E-state index is 13.0. The van der Waals surface area contributed by atoms with Crippen molar-refractivity contribution in [3.63, 3.8) is 0 Å². The number of benzene rings is 2. The SMILES string of the molecule is Cc1cc(COCCCCCSc2cc(=O)[nH]c3cc(C(F)(F)F)ccc23)ccc1N1CCNCC1. The third-order valence-electron chi connectivity index (χ3n) is 6.31. The standard InChI is InChI=1S/C27H32F3N3O2S/c1-19-15-20(5-8-24(19)33-11-9-31-10-12-33)18-35-13-3-2-4-14-36-25-17-26(34)32-23-16-21(27(28,29)30)6-7-22(23)25/h5-8,15-17,31H,2-4,9-14,18H2,1H3,(H,32,34). The van der Waals surface area contributed by atoms with Crippen LogP contribution in [0.15, 0.2) is 52.2 Å². The van der Waals surface area contributed by atoms with E-state index in [1.54, 1.807) is 0 Å². The van der Waals surface area contributed by atoms with Crippen molar-refractivity contribution < 1.29 is 17.9 Å². The Hall–Kier alpha value is -2.49. The van der Waals surface area contributed by atoms with Gasteiger partial charge in [-0.05, 0) is 54.8 Å². The molecule has 0 aliphatic carbocycles. The number of pyridine rings is 1. The summed E-state index contributed by atoms with van der Waals surface area (Å²) in [7, 11) is 0. The van der Waals surface area contributed by atoms with Crippen LogP contribution in [0.5, 0.6) is 0 Å². The summed E-state index contributed by atoms with van der Waals surface area (Å²) in [5.41, 5.74) is 2.80. The normalized spacial score (nSPS) is 14.5. The molecular formula is C27H32F3N3O2S. The molecule has 4 rings (SSSR count). The van der Waals surface area contributed by atoms with E-state index in [1.807, 2.05) is 0 Å². The molecule has 1 aliphatic heterocycles. The van der Waals surface area contributed by atoms with E-state index in [9.17, 15) is 18.0 Å². The predicted octanol–water partition coefficient (Wildman–Crippen LogP) is 5.74. The molecule has 2 N–H and O–H groups in total. The molecule has 1 aromatic heterocycles. The number of rotatable bonds is 10. The van der Waals surface area contributed by atoms with Gasteiger partial charge >= 0.3 is 6.18 Å². The molecule has 5 nitrogen and oxygen atoms in total. The summed E-state index contributed by atoms with van der Waals surface area (Å²) in [5, 5.41) is 4.01. The van der Waals surface area contributed by atoms with Crippen LogP contribution in [-0.2, 0) is 17.5 Å². The van der Waals surface area contributed by atoms with E-state index in [1.165, 1.54) is 40.7 Å². The van der Waals surface area contributed by atoms with Crippen molar-refractivity contribution in [1.82, 2.24) is 10.3 Å². The van der Waals surface area contributed by atoms with Crippen molar-refractivity contribution in [3.8, 4) is 0 Å². The summed E-state index contributed by atoms with van der Waals surface area (Å²) in [6.07, 6.45) is -1.60. The second-order valence-corrected chi connectivity index (χ2v) is 10.2. The first-order valence-corrected chi connectivity index (χ1v) is 13.3. The molecule has 3 aromatic rings. The van der Waals surface area contributed by atoms with Crippen molar-refractivity contribution in [3.05, 3.63) is 69.5 Å². The fourth-order valence-electron chi connectivity index (χ4n) is 4.45. The van der Waals surface area contributed by atoms with E-state index >= 15 is 0 Å². The first kappa shape index (κ1) is 26.6. The van der Waals surface area contributed by atoms with Gasteiger partial charge in [0.1, 0.15) is 0 Å². The van der Waals surface area contributed by atoms with Crippen LogP contribution >= 0.6 is 11.8 Å². The Morgan fingerprint density at radius 3 is 2.58 bits per heavy atom. The molecular weight excluding hydrogens is 487 g/mol. The first-order chi connectivity index (χ1) is 17.3. The van der Waals surface area contributed by atoms with Crippen LogP contribution in [0.3, 0.4) is 0 Å². The van der Waals surface area contributed by atoms with Gasteiger partial charge in [0.25, 0.3) is 0 Å². The Morgan fingerprint density at radius 2 is 1.83 bits per heavy atom. The monoisotopic (exact) mass is 519 g/mol. The number of piperazine rings is 1. The molecule has 1 aliphatic rings. The highest BCUT2D eigenvalue weighted by atomic mass is 32.2. The van der Waals surface area contributed by atoms with Crippen molar-refractivity contribution in [2.45, 2.75) is 43.9 Å². The number of ether oxygens (including phenoxy) is 1. The van der Waals surface area contributed by atoms with Gasteiger partial charge in [0, 0.05) is 60.3 Å². The average Bonchev–Trinajstić information content (AvgIpc) is 2.85. The molecule has 0 atom stereocenters. The molecule has 0 amide bonds. The Bertz CT molecular complexity index is 1220. The molecule has 0 saturated carbocycles. The topological polar surface area (TPSA) is 57.4 Å². The highest BCUT2D eigenvalue weighted by molar-refractivity contribution is 7.99. The third kappa shape index (κ3) is 7.05. The zero-order valence-electron chi connectivity index (χ0n) is 20.4. The molecule has 1 fully saturated rings. The smallest absolute Gasteiger partial charge is 0.377 e. The number of fused-ring (bicyclic) bond motifs is 1. The Kier molecular flexibility index (Phi) is 8.98. The van der Waals surface area contributed by atoms with Gasteiger partial charge < -0.3 is 19.9 Å². The predicted molar refractivity (Wildman–Crippen MR) is 140 cm³/mol. The lowest BCUT2D eigenvalue weighted by Gasteiger charge is -2.30. The van der Waals surface area contributed by atoms with E-state index in [0.29, 0.717) is 23.5 Å². The number of unbranched alkanes of at least 4 members (excludes halogenated alkanes) is 2. The van der Waals surface area contributed by atoms with E-state index in [2.05, 4.69) is 40.3 Å². The van der Waals surface area contributed by atoms with Crippen LogP contribution in [0.1, 0.15) is 36.0 Å². The number of H-pyrrole nitrogens is 1. The van der Waals surface area contributed by atoms with Crippen molar-refractivity contribution in [2.24, 2.45) is 0 Å². The molecule has 0 spiro atoms. The van der Waals surface area contributed by atoms with Crippen molar-refractivity contribution in [2.75, 3.05) is 43.4 Å². The van der Waals surface area contributed by atoms with Crippen molar-refractivity contribution >= 4 is 28.4 Å². The maximum Gasteiger partial charge on any atom is 0.416 e. The number of aromatic amines is 1. The zero-order chi connectivity index (χ0) is 25.5. The number of aromatic nitrogens is 1. The van der Waals surface area contributed by atoms with Gasteiger partial charge in [-0.1, -0.05) is 24.6 Å². The lowest BCUT2D eigenvalue weighted by molar-refractivity contribution is -0.137. The average molecular weight is 520 g/mol. The summed E-state index contributed by atoms with van der Waals surface area (Å²) >= 11 is 1.50. The number of alkyl halides is 3. The lowest BCUT2D eigenvalue weighted by Crippen LogP contribution is -2.43. The van der Waals surface area contributed by atoms with Gasteiger partial charge in [-0.25, -0.2) is 0 Å². The van der Waals surface area contributed by atoms with Gasteiger partial charge in [0.2, 0.25) is 5.56 Å². The zero-order valence-corrected chi connectivity index (χ0v) is 21.2. The Balaban J connectivity index is 1.18. The Labute approximate surface area is 213 Å². The van der Waals surface area contributed by atoms with Crippen LogP contribution in [0.25, 0.3) is 10.9 Å². The van der Waals surface area contributed by atoms with Gasteiger partial charge in [-0.15, -0.1) is 11.8 Å². The molecule has 0 unspecified atom stereocenters. The molecule has 194 valence electrons. The summed E-state index contributed by atoms with van der Waals surface area (Å²) in [4.78, 5) is 17.6. The fourth-order valence-corrected chi connectivity index (χ4v) is 5.54. The van der Waals surface area contributed by atoms with Crippen LogP contribution in [0, 0.1) is 6.92 Å². The number of nitrogens with one attached hydrogen (secondary N) is 2. The van der Waals surface area contributed by atoms with Gasteiger partial charge in [-0.3, -0.25) is 4.79 Å². The molecule has 1 saturated heterocycles. The largest absolute Gasteiger partial charge is 0.416 e. The highest BCUT2D eigenvalue weighted by Crippen LogP contribution is 2.33. The third-order valence-corrected chi connectivity index (χ3v) is 7.45. The minimum Gasteiger partial charge on any atom is -0.377 e. The molecule has 36 heavy (non-hydrogen) atoms. The quantitative estimate of drug-likeness (QED) is 0.264. The molecule has 2 heterocycles. The van der Waals surface area contributed by atoms with E-state index in [-0.39, 0.29) is 5.52 Å². The highest BCUT2D eigenvalue weighted by Gasteiger charge is 2.30. The summed E-state index contributed by atoms with van der Waals surface area (Å²) < 4.78 is 44.8. The summed E-state index contributed by atoms with van der Waals surface area (Å²) in [6, 6.07) is 11.5. The maximum absolute atomic E-state index is 13.0. The van der Waals surface area contributed by atoms with E-state index < -0.39 is 17.3 Å². The minimum atomic E-state index is -4.44. The van der Waals surface area contributed by atoms with Crippen molar-refractivity contribution in [1.29, 1.82) is 0 Å². The number of thioether (sulfide) groups is 1. The van der Waals surface area contributed by atoms with E-state index in [4.69, 9.17) is 4.74 Å². The second kappa shape index (κ2) is 12.2. The van der Waals surface area contributed by atoms with Crippen LogP contribution in [-0.4, -0.2) is 43.5 Å². The summed E-state index contributed by atoms with van der Waals surface area (Å²) in [6.45, 7) is 7.53.